The molecular formula is C26H35N3O3. The minimum atomic E-state index is -0.00672. The molecule has 0 aliphatic heterocycles. The molecule has 32 heavy (non-hydrogen) atoms. The zero-order chi connectivity index (χ0) is 22.3. The van der Waals surface area contributed by atoms with E-state index in [-0.39, 0.29) is 11.8 Å². The van der Waals surface area contributed by atoms with Crippen LogP contribution in [-0.4, -0.2) is 46.8 Å². The number of nitrogens with one attached hydrogen (secondary N) is 1. The highest BCUT2D eigenvalue weighted by Gasteiger charge is 2.26. The Labute approximate surface area is 191 Å². The van der Waals surface area contributed by atoms with Gasteiger partial charge in [0.1, 0.15) is 5.76 Å². The van der Waals surface area contributed by atoms with Crippen molar-refractivity contribution in [3.05, 3.63) is 59.5 Å². The second kappa shape index (κ2) is 10.8. The molecule has 2 aromatic rings. The number of hydrogen-bond donors (Lipinski definition) is 1. The Bertz CT molecular complexity index is 868. The van der Waals surface area contributed by atoms with Crippen molar-refractivity contribution in [1.82, 2.24) is 15.1 Å². The van der Waals surface area contributed by atoms with Crippen LogP contribution in [0.25, 0.3) is 0 Å². The molecule has 6 nitrogen and oxygen atoms in total. The van der Waals surface area contributed by atoms with Crippen LogP contribution in [0.5, 0.6) is 0 Å². The van der Waals surface area contributed by atoms with Crippen molar-refractivity contribution in [2.24, 2.45) is 0 Å². The van der Waals surface area contributed by atoms with Crippen LogP contribution in [0.4, 0.5) is 0 Å². The smallest absolute Gasteiger partial charge is 0.251 e. The van der Waals surface area contributed by atoms with E-state index in [9.17, 15) is 9.59 Å². The fourth-order valence-corrected chi connectivity index (χ4v) is 4.62. The molecule has 1 heterocycles. The van der Waals surface area contributed by atoms with E-state index >= 15 is 0 Å². The zero-order valence-electron chi connectivity index (χ0n) is 19.1. The lowest BCUT2D eigenvalue weighted by atomic mass is 9.94. The summed E-state index contributed by atoms with van der Waals surface area (Å²) in [4.78, 5) is 29.7. The van der Waals surface area contributed by atoms with Gasteiger partial charge in [0.2, 0.25) is 5.91 Å². The van der Waals surface area contributed by atoms with Crippen LogP contribution in [0, 0.1) is 0 Å². The molecule has 0 saturated heterocycles. The van der Waals surface area contributed by atoms with Crippen molar-refractivity contribution < 1.29 is 14.0 Å². The average molecular weight is 438 g/mol. The normalized spacial score (nSPS) is 16.8. The maximum absolute atomic E-state index is 13.3. The van der Waals surface area contributed by atoms with Gasteiger partial charge in [0.15, 0.2) is 0 Å². The van der Waals surface area contributed by atoms with Gasteiger partial charge < -0.3 is 14.6 Å². The maximum Gasteiger partial charge on any atom is 0.251 e. The lowest BCUT2D eigenvalue weighted by Crippen LogP contribution is -2.46. The summed E-state index contributed by atoms with van der Waals surface area (Å²) >= 11 is 0. The Kier molecular flexibility index (Phi) is 7.63. The van der Waals surface area contributed by atoms with Gasteiger partial charge in [-0.15, -0.1) is 0 Å². The van der Waals surface area contributed by atoms with Gasteiger partial charge in [-0.2, -0.15) is 0 Å². The first-order valence-corrected chi connectivity index (χ1v) is 12.1. The number of amides is 2. The number of hydrogen-bond acceptors (Lipinski definition) is 4. The predicted octanol–water partition coefficient (Wildman–Crippen LogP) is 4.36. The van der Waals surface area contributed by atoms with E-state index in [0.29, 0.717) is 37.3 Å². The van der Waals surface area contributed by atoms with E-state index in [1.54, 1.807) is 6.26 Å². The van der Waals surface area contributed by atoms with Crippen LogP contribution in [0.3, 0.4) is 0 Å². The molecule has 0 spiro atoms. The molecule has 1 N–H and O–H groups in total. The topological polar surface area (TPSA) is 65.8 Å². The third-order valence-corrected chi connectivity index (χ3v) is 6.53. The summed E-state index contributed by atoms with van der Waals surface area (Å²) in [6, 6.07) is 12.3. The van der Waals surface area contributed by atoms with Crippen LogP contribution >= 0.6 is 0 Å². The monoisotopic (exact) mass is 437 g/mol. The molecule has 0 radical (unpaired) electrons. The molecule has 2 fully saturated rings. The molecule has 0 atom stereocenters. The molecule has 6 heteroatoms. The fraction of sp³-hybridized carbons (Fsp3) is 0.538. The van der Waals surface area contributed by atoms with Crippen LogP contribution in [0.1, 0.15) is 73.6 Å². The summed E-state index contributed by atoms with van der Waals surface area (Å²) < 4.78 is 5.56. The zero-order valence-corrected chi connectivity index (χ0v) is 19.1. The van der Waals surface area contributed by atoms with E-state index in [1.165, 1.54) is 19.3 Å². The van der Waals surface area contributed by atoms with Gasteiger partial charge in [0.25, 0.3) is 5.91 Å². The van der Waals surface area contributed by atoms with Crippen molar-refractivity contribution >= 4 is 11.8 Å². The first-order valence-electron chi connectivity index (χ1n) is 12.1. The first kappa shape index (κ1) is 22.6. The predicted molar refractivity (Wildman–Crippen MR) is 124 cm³/mol. The second-order valence-corrected chi connectivity index (χ2v) is 9.14. The molecule has 1 aromatic carbocycles. The summed E-state index contributed by atoms with van der Waals surface area (Å²) in [6.07, 6.45) is 9.76. The summed E-state index contributed by atoms with van der Waals surface area (Å²) in [5, 5.41) is 3.02. The minimum Gasteiger partial charge on any atom is -0.468 e. The SMILES string of the molecule is CCN(C(=O)CN(Cc1ccc(C(=O)NC2CC2)cc1)Cc1ccco1)C1CCCCC1. The number of carbonyl (C=O) groups is 2. The highest BCUT2D eigenvalue weighted by molar-refractivity contribution is 5.94. The van der Waals surface area contributed by atoms with E-state index in [0.717, 1.165) is 43.6 Å². The van der Waals surface area contributed by atoms with E-state index < -0.39 is 0 Å². The summed E-state index contributed by atoms with van der Waals surface area (Å²) in [5.41, 5.74) is 1.76. The Hall–Kier alpha value is -2.60. The van der Waals surface area contributed by atoms with Gasteiger partial charge >= 0.3 is 0 Å². The number of nitrogens with zero attached hydrogens (tertiary/aromatic N) is 2. The second-order valence-electron chi connectivity index (χ2n) is 9.14. The van der Waals surface area contributed by atoms with E-state index in [4.69, 9.17) is 4.42 Å². The highest BCUT2D eigenvalue weighted by Crippen LogP contribution is 2.23. The summed E-state index contributed by atoms with van der Waals surface area (Å²) in [7, 11) is 0. The summed E-state index contributed by atoms with van der Waals surface area (Å²) in [5.74, 6) is 1.03. The van der Waals surface area contributed by atoms with Crippen molar-refractivity contribution in [2.45, 2.75) is 77.0 Å². The lowest BCUT2D eigenvalue weighted by molar-refractivity contribution is -0.135. The molecule has 0 unspecified atom stereocenters. The maximum atomic E-state index is 13.3. The molecular weight excluding hydrogens is 402 g/mol. The van der Waals surface area contributed by atoms with Crippen LogP contribution in [0.2, 0.25) is 0 Å². The Morgan fingerprint density at radius 1 is 1.00 bits per heavy atom. The number of likely N-dealkylation sites (N-methyl/N-ethyl adjacent to an activating group) is 1. The lowest BCUT2D eigenvalue weighted by Gasteiger charge is -2.35. The standard InChI is InChI=1S/C26H35N3O3/c1-2-29(23-7-4-3-5-8-23)25(30)19-28(18-24-9-6-16-32-24)17-20-10-12-21(13-11-20)26(31)27-22-14-15-22/h6,9-13,16,22-23H,2-5,7-8,14-15,17-19H2,1H3,(H,27,31). The molecule has 4 rings (SSSR count). The highest BCUT2D eigenvalue weighted by atomic mass is 16.3. The Morgan fingerprint density at radius 2 is 1.75 bits per heavy atom. The van der Waals surface area contributed by atoms with Gasteiger partial charge in [0, 0.05) is 30.7 Å². The fourth-order valence-electron chi connectivity index (χ4n) is 4.62. The molecule has 2 aliphatic rings. The van der Waals surface area contributed by atoms with Gasteiger partial charge in [0.05, 0.1) is 19.4 Å². The molecule has 0 bridgehead atoms. The minimum absolute atomic E-state index is 0.00672. The van der Waals surface area contributed by atoms with Crippen LogP contribution < -0.4 is 5.32 Å². The quantitative estimate of drug-likeness (QED) is 0.600. The molecule has 1 aromatic heterocycles. The van der Waals surface area contributed by atoms with Crippen molar-refractivity contribution in [3.8, 4) is 0 Å². The van der Waals surface area contributed by atoms with Crippen molar-refractivity contribution in [3.63, 3.8) is 0 Å². The van der Waals surface area contributed by atoms with E-state index in [1.807, 2.05) is 36.4 Å². The number of rotatable bonds is 10. The molecule has 2 aliphatic carbocycles. The van der Waals surface area contributed by atoms with Gasteiger partial charge in [-0.3, -0.25) is 14.5 Å². The average Bonchev–Trinajstić information content (AvgIpc) is 3.47. The van der Waals surface area contributed by atoms with E-state index in [2.05, 4.69) is 22.0 Å². The number of benzene rings is 1. The Balaban J connectivity index is 1.41. The third kappa shape index (κ3) is 6.22. The molecule has 2 saturated carbocycles. The Morgan fingerprint density at radius 3 is 2.38 bits per heavy atom. The van der Waals surface area contributed by atoms with Gasteiger partial charge in [-0.05, 0) is 62.4 Å². The molecule has 172 valence electrons. The number of carbonyl (C=O) groups excluding carboxylic acids is 2. The van der Waals surface area contributed by atoms with Crippen LogP contribution in [0.15, 0.2) is 47.1 Å². The van der Waals surface area contributed by atoms with Gasteiger partial charge in [-0.25, -0.2) is 0 Å². The van der Waals surface area contributed by atoms with Crippen molar-refractivity contribution in [1.29, 1.82) is 0 Å². The van der Waals surface area contributed by atoms with Gasteiger partial charge in [-0.1, -0.05) is 31.4 Å². The third-order valence-electron chi connectivity index (χ3n) is 6.53. The van der Waals surface area contributed by atoms with Crippen molar-refractivity contribution in [2.75, 3.05) is 13.1 Å². The summed E-state index contributed by atoms with van der Waals surface area (Å²) in [6.45, 7) is 4.39. The molecule has 2 amide bonds. The first-order chi connectivity index (χ1) is 15.6. The number of furan rings is 1. The largest absolute Gasteiger partial charge is 0.468 e. The van der Waals surface area contributed by atoms with Crippen LogP contribution in [-0.2, 0) is 17.9 Å².